The molecular formula is C24H28N4O2. The molecule has 30 heavy (non-hydrogen) atoms. The van der Waals surface area contributed by atoms with Crippen LogP contribution in [0, 0.1) is 13.8 Å². The normalized spacial score (nSPS) is 11.5. The number of aromatic nitrogens is 3. The molecule has 3 rings (SSSR count). The first kappa shape index (κ1) is 21.4. The Balaban J connectivity index is 1.61. The maximum absolute atomic E-state index is 12.2. The average molecular weight is 405 g/mol. The number of nitrogens with one attached hydrogen (secondary N) is 1. The van der Waals surface area contributed by atoms with Crippen molar-refractivity contribution < 1.29 is 4.84 Å². The fraction of sp³-hybridized carbons (Fsp3) is 0.333. The third-order valence-electron chi connectivity index (χ3n) is 4.91. The van der Waals surface area contributed by atoms with Gasteiger partial charge in [-0.3, -0.25) is 14.8 Å². The highest BCUT2D eigenvalue weighted by molar-refractivity contribution is 5.96. The standard InChI is InChI=1S/C24H28N4O2/c1-5-19-15-23(29)17(3)24(27-19)22-13-7-10-20(26-22)11-8-14-30-28-18(4)21-12-6-9-16(2)25-21/h6-7,9-10,12-13,15H,5,8,11,14H2,1-4H3,(H,27,29). The zero-order valence-corrected chi connectivity index (χ0v) is 18.0. The highest BCUT2D eigenvalue weighted by atomic mass is 16.6. The summed E-state index contributed by atoms with van der Waals surface area (Å²) in [6.45, 7) is 8.19. The minimum absolute atomic E-state index is 0.0394. The van der Waals surface area contributed by atoms with Gasteiger partial charge in [0.05, 0.1) is 17.1 Å². The minimum Gasteiger partial charge on any atom is -0.396 e. The molecule has 0 aromatic carbocycles. The SMILES string of the molecule is CCc1cc(=O)c(C)c(-c2cccc(CCCON=C(C)c3cccc(C)n3)n2)[nH]1. The summed E-state index contributed by atoms with van der Waals surface area (Å²) in [4.78, 5) is 30.2. The first-order valence-corrected chi connectivity index (χ1v) is 10.3. The van der Waals surface area contributed by atoms with Gasteiger partial charge in [0.15, 0.2) is 5.43 Å². The van der Waals surface area contributed by atoms with Crippen molar-refractivity contribution in [3.05, 3.63) is 81.0 Å². The van der Waals surface area contributed by atoms with E-state index in [-0.39, 0.29) is 5.43 Å². The molecule has 0 aliphatic rings. The predicted molar refractivity (Wildman–Crippen MR) is 120 cm³/mol. The number of H-pyrrole nitrogens is 1. The van der Waals surface area contributed by atoms with Crippen LogP contribution in [0.3, 0.4) is 0 Å². The lowest BCUT2D eigenvalue weighted by Gasteiger charge is -2.09. The summed E-state index contributed by atoms with van der Waals surface area (Å²) in [6.07, 6.45) is 2.33. The molecule has 0 bridgehead atoms. The first-order valence-electron chi connectivity index (χ1n) is 10.3. The van der Waals surface area contributed by atoms with Crippen LogP contribution >= 0.6 is 0 Å². The Morgan fingerprint density at radius 2 is 1.93 bits per heavy atom. The number of hydrogen-bond donors (Lipinski definition) is 1. The van der Waals surface area contributed by atoms with Crippen molar-refractivity contribution in [3.8, 4) is 11.4 Å². The first-order chi connectivity index (χ1) is 14.5. The maximum atomic E-state index is 12.2. The zero-order chi connectivity index (χ0) is 21.5. The molecule has 0 fully saturated rings. The molecule has 6 heteroatoms. The highest BCUT2D eigenvalue weighted by Gasteiger charge is 2.09. The zero-order valence-electron chi connectivity index (χ0n) is 18.0. The number of aromatic amines is 1. The van der Waals surface area contributed by atoms with Crippen LogP contribution in [0.5, 0.6) is 0 Å². The van der Waals surface area contributed by atoms with E-state index < -0.39 is 0 Å². The molecule has 3 aromatic rings. The Morgan fingerprint density at radius 3 is 2.70 bits per heavy atom. The van der Waals surface area contributed by atoms with Gasteiger partial charge >= 0.3 is 0 Å². The molecule has 1 N–H and O–H groups in total. The van der Waals surface area contributed by atoms with Gasteiger partial charge in [0.1, 0.15) is 12.3 Å². The van der Waals surface area contributed by atoms with Gasteiger partial charge in [-0.1, -0.05) is 24.2 Å². The van der Waals surface area contributed by atoms with Crippen LogP contribution in [0.1, 0.15) is 48.6 Å². The van der Waals surface area contributed by atoms with Crippen LogP contribution in [-0.2, 0) is 17.7 Å². The molecule has 156 valence electrons. The van der Waals surface area contributed by atoms with Crippen LogP contribution in [-0.4, -0.2) is 27.3 Å². The van der Waals surface area contributed by atoms with E-state index in [1.54, 1.807) is 6.07 Å². The largest absolute Gasteiger partial charge is 0.396 e. The lowest BCUT2D eigenvalue weighted by molar-refractivity contribution is 0.141. The number of oxime groups is 1. The number of aryl methyl sites for hydroxylation is 3. The predicted octanol–water partition coefficient (Wildman–Crippen LogP) is 4.38. The fourth-order valence-electron chi connectivity index (χ4n) is 3.14. The molecular weight excluding hydrogens is 376 g/mol. The number of hydrogen-bond acceptors (Lipinski definition) is 5. The molecule has 3 heterocycles. The second-order valence-electron chi connectivity index (χ2n) is 7.30. The van der Waals surface area contributed by atoms with Gasteiger partial charge in [-0.05, 0) is 64.3 Å². The van der Waals surface area contributed by atoms with Crippen molar-refractivity contribution in [2.24, 2.45) is 5.16 Å². The van der Waals surface area contributed by atoms with E-state index in [1.807, 2.05) is 64.1 Å². The van der Waals surface area contributed by atoms with Crippen LogP contribution in [0.25, 0.3) is 11.4 Å². The van der Waals surface area contributed by atoms with E-state index in [0.717, 1.165) is 59.1 Å². The van der Waals surface area contributed by atoms with Gasteiger partial charge in [-0.15, -0.1) is 0 Å². The van der Waals surface area contributed by atoms with E-state index in [2.05, 4.69) is 15.1 Å². The Hall–Kier alpha value is -3.28. The summed E-state index contributed by atoms with van der Waals surface area (Å²) >= 11 is 0. The van der Waals surface area contributed by atoms with Crippen molar-refractivity contribution in [3.63, 3.8) is 0 Å². The summed E-state index contributed by atoms with van der Waals surface area (Å²) < 4.78 is 0. The van der Waals surface area contributed by atoms with E-state index in [1.165, 1.54) is 0 Å². The summed E-state index contributed by atoms with van der Waals surface area (Å²) in [5.74, 6) is 0. The van der Waals surface area contributed by atoms with E-state index in [0.29, 0.717) is 12.2 Å². The summed E-state index contributed by atoms with van der Waals surface area (Å²) in [5.41, 5.74) is 6.72. The number of pyridine rings is 3. The highest BCUT2D eigenvalue weighted by Crippen LogP contribution is 2.18. The monoisotopic (exact) mass is 404 g/mol. The number of nitrogens with zero attached hydrogens (tertiary/aromatic N) is 3. The molecule has 0 unspecified atom stereocenters. The van der Waals surface area contributed by atoms with E-state index in [4.69, 9.17) is 9.82 Å². The smallest absolute Gasteiger partial charge is 0.185 e. The summed E-state index contributed by atoms with van der Waals surface area (Å²) in [6, 6.07) is 13.4. The average Bonchev–Trinajstić information content (AvgIpc) is 2.75. The molecule has 0 atom stereocenters. The fourth-order valence-corrected chi connectivity index (χ4v) is 3.14. The Kier molecular flexibility index (Phi) is 7.12. The quantitative estimate of drug-likeness (QED) is 0.343. The van der Waals surface area contributed by atoms with Crippen LogP contribution in [0.4, 0.5) is 0 Å². The molecule has 0 saturated carbocycles. The van der Waals surface area contributed by atoms with Crippen molar-refractivity contribution in [1.29, 1.82) is 0 Å². The van der Waals surface area contributed by atoms with Crippen LogP contribution in [0.15, 0.2) is 52.4 Å². The number of rotatable bonds is 8. The van der Waals surface area contributed by atoms with Gasteiger partial charge in [-0.25, -0.2) is 0 Å². The molecule has 0 saturated heterocycles. The molecule has 0 aliphatic heterocycles. The third-order valence-corrected chi connectivity index (χ3v) is 4.91. The van der Waals surface area contributed by atoms with Gasteiger partial charge in [0.25, 0.3) is 0 Å². The summed E-state index contributed by atoms with van der Waals surface area (Å²) in [5, 5.41) is 4.17. The van der Waals surface area contributed by atoms with Gasteiger partial charge in [0.2, 0.25) is 0 Å². The lowest BCUT2D eigenvalue weighted by Crippen LogP contribution is -2.10. The van der Waals surface area contributed by atoms with Crippen molar-refractivity contribution >= 4 is 5.71 Å². The second-order valence-corrected chi connectivity index (χ2v) is 7.30. The van der Waals surface area contributed by atoms with Crippen LogP contribution in [0.2, 0.25) is 0 Å². The Morgan fingerprint density at radius 1 is 1.13 bits per heavy atom. The van der Waals surface area contributed by atoms with Crippen molar-refractivity contribution in [2.75, 3.05) is 6.61 Å². The van der Waals surface area contributed by atoms with Crippen molar-refractivity contribution in [2.45, 2.75) is 47.0 Å². The summed E-state index contributed by atoms with van der Waals surface area (Å²) in [7, 11) is 0. The van der Waals surface area contributed by atoms with Crippen LogP contribution < -0.4 is 5.43 Å². The van der Waals surface area contributed by atoms with Crippen molar-refractivity contribution in [1.82, 2.24) is 15.0 Å². The topological polar surface area (TPSA) is 80.2 Å². The maximum Gasteiger partial charge on any atom is 0.185 e. The van der Waals surface area contributed by atoms with Gasteiger partial charge in [0, 0.05) is 28.7 Å². The molecule has 0 aliphatic carbocycles. The molecule has 6 nitrogen and oxygen atoms in total. The third kappa shape index (κ3) is 5.41. The van der Waals surface area contributed by atoms with Gasteiger partial charge in [-0.2, -0.15) is 0 Å². The van der Waals surface area contributed by atoms with E-state index >= 15 is 0 Å². The molecule has 0 radical (unpaired) electrons. The van der Waals surface area contributed by atoms with Gasteiger partial charge < -0.3 is 9.82 Å². The molecule has 3 aromatic heterocycles. The lowest BCUT2D eigenvalue weighted by atomic mass is 10.1. The second kappa shape index (κ2) is 9.96. The minimum atomic E-state index is 0.0394. The molecule has 0 amide bonds. The van der Waals surface area contributed by atoms with E-state index in [9.17, 15) is 4.79 Å². The molecule has 0 spiro atoms. The Bertz CT molecular complexity index is 1100. The Labute approximate surface area is 177 Å².